The van der Waals surface area contributed by atoms with Crippen molar-refractivity contribution in [1.29, 1.82) is 0 Å². The average molecular weight is 889 g/mol. The predicted octanol–water partition coefficient (Wildman–Crippen LogP) is 5.26. The van der Waals surface area contributed by atoms with E-state index in [0.29, 0.717) is 19.3 Å². The van der Waals surface area contributed by atoms with Gasteiger partial charge in [0.2, 0.25) is 0 Å². The van der Waals surface area contributed by atoms with Crippen LogP contribution in [0.25, 0.3) is 0 Å². The number of esters is 6. The Bertz CT molecular complexity index is 1910. The van der Waals surface area contributed by atoms with Crippen LogP contribution in [0.15, 0.2) is 11.6 Å². The minimum Gasteiger partial charge on any atom is -0.458 e. The van der Waals surface area contributed by atoms with Crippen LogP contribution in [0.3, 0.4) is 0 Å². The number of ketones is 1. The Morgan fingerprint density at radius 1 is 0.810 bits per heavy atom. The highest BCUT2D eigenvalue weighted by Crippen LogP contribution is 2.88. The number of carbonyl (C=O) groups excluding carboxylic acids is 7. The van der Waals surface area contributed by atoms with Crippen LogP contribution in [-0.4, -0.2) is 108 Å². The molecule has 16 heteroatoms. The number of rotatable bonds is 13. The zero-order chi connectivity index (χ0) is 47.0. The second-order valence-electron chi connectivity index (χ2n) is 20.8. The molecule has 1 N–H and O–H groups in total. The van der Waals surface area contributed by atoms with Crippen molar-refractivity contribution in [1.82, 2.24) is 0 Å². The fourth-order valence-corrected chi connectivity index (χ4v) is 13.7. The Morgan fingerprint density at radius 2 is 1.40 bits per heavy atom. The molecule has 1 saturated heterocycles. The Balaban J connectivity index is 1.32. The van der Waals surface area contributed by atoms with E-state index >= 15 is 4.79 Å². The third-order valence-electron chi connectivity index (χ3n) is 16.1. The minimum absolute atomic E-state index is 0.0945. The highest BCUT2D eigenvalue weighted by molar-refractivity contribution is 5.93. The zero-order valence-corrected chi connectivity index (χ0v) is 39.2. The van der Waals surface area contributed by atoms with Gasteiger partial charge in [0.15, 0.2) is 42.6 Å². The lowest BCUT2D eigenvalue weighted by molar-refractivity contribution is -0.306. The number of fused-ring (bicyclic) bond motifs is 2. The van der Waals surface area contributed by atoms with Crippen molar-refractivity contribution in [2.45, 2.75) is 190 Å². The summed E-state index contributed by atoms with van der Waals surface area (Å²) < 4.78 is 46.9. The van der Waals surface area contributed by atoms with Crippen molar-refractivity contribution in [3.8, 4) is 0 Å². The van der Waals surface area contributed by atoms with Crippen LogP contribution in [0, 0.1) is 44.8 Å². The molecule has 0 aromatic heterocycles. The van der Waals surface area contributed by atoms with E-state index in [1.807, 2.05) is 6.92 Å². The van der Waals surface area contributed by atoms with Gasteiger partial charge >= 0.3 is 35.8 Å². The van der Waals surface area contributed by atoms with Crippen molar-refractivity contribution < 1.29 is 76.6 Å². The average Bonchev–Trinajstić information content (AvgIpc) is 3.77. The molecule has 5 aliphatic carbocycles. The molecule has 1 aliphatic heterocycles. The second-order valence-corrected chi connectivity index (χ2v) is 20.8. The van der Waals surface area contributed by atoms with Crippen molar-refractivity contribution in [3.63, 3.8) is 0 Å². The standard InChI is InChI=1S/C47H68O16/c1-23(20-30(57-24(2)48)39(43(10,11)55)61-28(6)52)35-36(54)40(62-29(7)53)45(13)33-15-14-32-42(8,9)34(16-17-46(32)22-47(33,46)19-18-44(35,45)12)63-41-38(60-27(5)51)37(59-26(4)50)31(21-56-41)58-25(3)49/h15,23,30-32,34-35,37-41,55H,14,16-22H2,1-13H3/t23-,30-,31-,32+,34+,35+,37+,38-,39+,40+,41+,44-,45-,46-,47+/m1/s1. The van der Waals surface area contributed by atoms with Gasteiger partial charge in [-0.15, -0.1) is 0 Å². The molecule has 1 heterocycles. The summed E-state index contributed by atoms with van der Waals surface area (Å²) in [6, 6.07) is 0. The van der Waals surface area contributed by atoms with Crippen LogP contribution >= 0.6 is 0 Å². The van der Waals surface area contributed by atoms with E-state index in [1.54, 1.807) is 0 Å². The summed E-state index contributed by atoms with van der Waals surface area (Å²) >= 11 is 0. The third-order valence-corrected chi connectivity index (χ3v) is 16.1. The fraction of sp³-hybridized carbons (Fsp3) is 0.809. The van der Waals surface area contributed by atoms with Crippen LogP contribution in [0.4, 0.5) is 0 Å². The van der Waals surface area contributed by atoms with Gasteiger partial charge in [-0.05, 0) is 92.3 Å². The largest absolute Gasteiger partial charge is 0.458 e. The fourth-order valence-electron chi connectivity index (χ4n) is 13.7. The van der Waals surface area contributed by atoms with Crippen molar-refractivity contribution in [2.75, 3.05) is 6.61 Å². The Labute approximate surface area is 370 Å². The van der Waals surface area contributed by atoms with E-state index in [1.165, 1.54) is 55.4 Å². The van der Waals surface area contributed by atoms with Crippen LogP contribution in [0.5, 0.6) is 0 Å². The van der Waals surface area contributed by atoms with E-state index in [2.05, 4.69) is 33.8 Å². The summed E-state index contributed by atoms with van der Waals surface area (Å²) in [5.41, 5.74) is -2.92. The zero-order valence-electron chi connectivity index (χ0n) is 39.2. The van der Waals surface area contributed by atoms with E-state index in [0.717, 1.165) is 24.8 Å². The van der Waals surface area contributed by atoms with E-state index in [-0.39, 0.29) is 41.7 Å². The molecule has 5 fully saturated rings. The monoisotopic (exact) mass is 888 g/mol. The lowest BCUT2D eigenvalue weighted by Crippen LogP contribution is -2.60. The summed E-state index contributed by atoms with van der Waals surface area (Å²) in [5.74, 6) is -4.95. The molecule has 0 aromatic rings. The van der Waals surface area contributed by atoms with Gasteiger partial charge in [0.1, 0.15) is 6.10 Å². The third kappa shape index (κ3) is 8.23. The SMILES string of the molecule is CC(=O)O[C@@H]1[C@@H](OC(C)=O)[C@H](O[C@H]2CC[C@]34C[C@]35CC[C@]3(C)[C@@H]([C@H](C)C[C@@H](OC(C)=O)[C@H](OC(C)=O)C(C)(C)O)C(=O)[C@H](OC(C)=O)[C@@]3(C)C5=CC[C@H]4C2(C)C)OC[C@H]1OC(C)=O. The highest BCUT2D eigenvalue weighted by Gasteiger charge is 2.83. The number of hydrogen-bond acceptors (Lipinski definition) is 16. The molecule has 352 valence electrons. The number of ether oxygens (including phenoxy) is 8. The van der Waals surface area contributed by atoms with Gasteiger partial charge < -0.3 is 43.0 Å². The van der Waals surface area contributed by atoms with Gasteiger partial charge in [-0.25, -0.2) is 0 Å². The molecule has 6 aliphatic rings. The molecule has 0 amide bonds. The molecule has 0 aromatic carbocycles. The quantitative estimate of drug-likeness (QED) is 0.142. The molecule has 0 bridgehead atoms. The first-order chi connectivity index (χ1) is 29.1. The van der Waals surface area contributed by atoms with E-state index in [9.17, 15) is 33.9 Å². The molecule has 0 unspecified atom stereocenters. The predicted molar refractivity (Wildman–Crippen MR) is 221 cm³/mol. The molecule has 2 spiro atoms. The van der Waals surface area contributed by atoms with Gasteiger partial charge in [-0.2, -0.15) is 0 Å². The van der Waals surface area contributed by atoms with Gasteiger partial charge in [0, 0.05) is 52.9 Å². The number of Topliss-reactive ketones (excluding diaryl/α,β-unsaturated/α-hetero) is 1. The summed E-state index contributed by atoms with van der Waals surface area (Å²) in [4.78, 5) is 89.2. The Hall–Kier alpha value is -3.89. The van der Waals surface area contributed by atoms with Crippen LogP contribution in [-0.2, 0) is 71.5 Å². The maximum Gasteiger partial charge on any atom is 0.303 e. The molecule has 4 saturated carbocycles. The first-order valence-electron chi connectivity index (χ1n) is 22.3. The lowest BCUT2D eigenvalue weighted by atomic mass is 9.44. The Morgan fingerprint density at radius 3 is 1.95 bits per heavy atom. The molecule has 15 atom stereocenters. The molecule has 6 rings (SSSR count). The summed E-state index contributed by atoms with van der Waals surface area (Å²) in [6.07, 6.45) is -1.50. The number of hydrogen-bond donors (Lipinski definition) is 1. The van der Waals surface area contributed by atoms with Crippen LogP contribution in [0.1, 0.15) is 135 Å². The Kier molecular flexibility index (Phi) is 13.0. The number of allylic oxidation sites excluding steroid dienone is 1. The van der Waals surface area contributed by atoms with Gasteiger partial charge in [0.05, 0.1) is 18.3 Å². The van der Waals surface area contributed by atoms with Gasteiger partial charge in [0.25, 0.3) is 0 Å². The van der Waals surface area contributed by atoms with Crippen molar-refractivity contribution >= 4 is 41.6 Å². The maximum absolute atomic E-state index is 15.0. The van der Waals surface area contributed by atoms with Gasteiger partial charge in [-0.3, -0.25) is 33.6 Å². The van der Waals surface area contributed by atoms with Crippen LogP contribution in [0.2, 0.25) is 0 Å². The van der Waals surface area contributed by atoms with E-state index in [4.69, 9.17) is 37.9 Å². The second kappa shape index (κ2) is 16.8. The molecule has 16 nitrogen and oxygen atoms in total. The number of carbonyl (C=O) groups is 7. The molecular weight excluding hydrogens is 821 g/mol. The highest BCUT2D eigenvalue weighted by atomic mass is 16.7. The summed E-state index contributed by atoms with van der Waals surface area (Å²) in [7, 11) is 0. The first-order valence-corrected chi connectivity index (χ1v) is 22.3. The minimum atomic E-state index is -1.59. The normalized spacial score (nSPS) is 39.0. The number of aliphatic hydroxyl groups is 1. The molecular formula is C47H68O16. The molecule has 0 radical (unpaired) electrons. The molecule has 63 heavy (non-hydrogen) atoms. The summed E-state index contributed by atoms with van der Waals surface area (Å²) in [6.45, 7) is 20.7. The lowest BCUT2D eigenvalue weighted by Gasteiger charge is -2.60. The van der Waals surface area contributed by atoms with Crippen LogP contribution < -0.4 is 0 Å². The summed E-state index contributed by atoms with van der Waals surface area (Å²) in [5, 5.41) is 11.1. The smallest absolute Gasteiger partial charge is 0.303 e. The van der Waals surface area contributed by atoms with Crippen molar-refractivity contribution in [2.24, 2.45) is 44.8 Å². The topological polar surface area (TPSA) is 214 Å². The van der Waals surface area contributed by atoms with E-state index < -0.39 is 112 Å². The van der Waals surface area contributed by atoms with Gasteiger partial charge in [-0.1, -0.05) is 46.3 Å². The van der Waals surface area contributed by atoms with Crippen molar-refractivity contribution in [3.05, 3.63) is 11.6 Å². The maximum atomic E-state index is 15.0. The first kappa shape index (κ1) is 48.6.